The van der Waals surface area contributed by atoms with Gasteiger partial charge >= 0.3 is 0 Å². The van der Waals surface area contributed by atoms with Crippen LogP contribution >= 0.6 is 12.4 Å². The lowest BCUT2D eigenvalue weighted by Gasteiger charge is -2.12. The number of methoxy groups -OCH3 is 1. The molecule has 2 aromatic heterocycles. The van der Waals surface area contributed by atoms with Crippen LogP contribution in [0.2, 0.25) is 0 Å². The predicted molar refractivity (Wildman–Crippen MR) is 88.5 cm³/mol. The molecule has 0 spiro atoms. The van der Waals surface area contributed by atoms with Crippen molar-refractivity contribution in [2.24, 2.45) is 0 Å². The summed E-state index contributed by atoms with van der Waals surface area (Å²) in [5.74, 6) is 1.67. The predicted octanol–water partition coefficient (Wildman–Crippen LogP) is 3.24. The average Bonchev–Trinajstić information content (AvgIpc) is 3.13. The molecule has 0 bridgehead atoms. The van der Waals surface area contributed by atoms with E-state index in [9.17, 15) is 0 Å². The summed E-state index contributed by atoms with van der Waals surface area (Å²) in [6.45, 7) is 3.64. The summed E-state index contributed by atoms with van der Waals surface area (Å²) in [7, 11) is 1.65. The number of para-hydroxylation sites is 1. The van der Waals surface area contributed by atoms with E-state index in [1.165, 1.54) is 0 Å². The average molecular weight is 322 g/mol. The fourth-order valence-electron chi connectivity index (χ4n) is 2.37. The highest BCUT2D eigenvalue weighted by molar-refractivity contribution is 5.85. The van der Waals surface area contributed by atoms with Gasteiger partial charge in [-0.3, -0.25) is 4.68 Å². The van der Waals surface area contributed by atoms with Crippen LogP contribution in [-0.2, 0) is 13.1 Å². The maximum Gasteiger partial charge on any atom is 0.176 e. The zero-order chi connectivity index (χ0) is 14.7. The van der Waals surface area contributed by atoms with Gasteiger partial charge in [-0.15, -0.1) is 12.4 Å². The maximum atomic E-state index is 5.87. The Balaban J connectivity index is 0.00000176. The molecule has 1 aromatic carbocycles. The van der Waals surface area contributed by atoms with Crippen molar-refractivity contribution in [3.05, 3.63) is 48.5 Å². The largest absolute Gasteiger partial charge is 0.493 e. The molecule has 3 aromatic rings. The molecule has 3 rings (SSSR count). The molecule has 2 heterocycles. The van der Waals surface area contributed by atoms with Gasteiger partial charge in [0.15, 0.2) is 11.3 Å². The molecule has 22 heavy (non-hydrogen) atoms. The fraction of sp³-hybridized carbons (Fsp3) is 0.312. The van der Waals surface area contributed by atoms with Gasteiger partial charge in [-0.1, -0.05) is 12.1 Å². The summed E-state index contributed by atoms with van der Waals surface area (Å²) in [5, 5.41) is 8.71. The number of hydrogen-bond donors (Lipinski definition) is 1. The number of furan rings is 1. The Morgan fingerprint density at radius 1 is 1.36 bits per heavy atom. The lowest BCUT2D eigenvalue weighted by molar-refractivity contribution is 0.399. The number of ether oxygens (including phenoxy) is 1. The molecule has 0 aliphatic carbocycles. The highest BCUT2D eigenvalue weighted by atomic mass is 35.5. The zero-order valence-electron chi connectivity index (χ0n) is 12.7. The first-order chi connectivity index (χ1) is 10.3. The molecular formula is C16H20ClN3O2. The molecule has 118 valence electrons. The van der Waals surface area contributed by atoms with Crippen LogP contribution in [0.25, 0.3) is 11.0 Å². The van der Waals surface area contributed by atoms with Gasteiger partial charge in [-0.05, 0) is 25.1 Å². The highest BCUT2D eigenvalue weighted by Gasteiger charge is 2.09. The standard InChI is InChI=1S/C16H19N3O2.ClH/c1-12(11-19-8-4-7-18-19)17-10-14-9-13-5-3-6-15(20-2)16(13)21-14;/h3-9,12,17H,10-11H2,1-2H3;1H. The quantitative estimate of drug-likeness (QED) is 0.757. The van der Waals surface area contributed by atoms with E-state index in [1.807, 2.05) is 41.2 Å². The molecule has 0 aliphatic rings. The van der Waals surface area contributed by atoms with Gasteiger partial charge in [0.2, 0.25) is 0 Å². The number of fused-ring (bicyclic) bond motifs is 1. The van der Waals surface area contributed by atoms with Crippen molar-refractivity contribution in [2.75, 3.05) is 7.11 Å². The monoisotopic (exact) mass is 321 g/mol. The van der Waals surface area contributed by atoms with Gasteiger partial charge in [0, 0.05) is 23.8 Å². The van der Waals surface area contributed by atoms with Gasteiger partial charge in [-0.2, -0.15) is 5.10 Å². The van der Waals surface area contributed by atoms with Gasteiger partial charge < -0.3 is 14.5 Å². The summed E-state index contributed by atoms with van der Waals surface area (Å²) in [6.07, 6.45) is 3.75. The Morgan fingerprint density at radius 3 is 2.95 bits per heavy atom. The highest BCUT2D eigenvalue weighted by Crippen LogP contribution is 2.28. The topological polar surface area (TPSA) is 52.2 Å². The molecule has 0 amide bonds. The van der Waals surface area contributed by atoms with Crippen molar-refractivity contribution in [3.63, 3.8) is 0 Å². The number of benzene rings is 1. The second-order valence-corrected chi connectivity index (χ2v) is 5.10. The zero-order valence-corrected chi connectivity index (χ0v) is 13.5. The minimum atomic E-state index is 0. The summed E-state index contributed by atoms with van der Waals surface area (Å²) < 4.78 is 13.1. The molecule has 5 nitrogen and oxygen atoms in total. The Hall–Kier alpha value is -1.98. The van der Waals surface area contributed by atoms with E-state index in [-0.39, 0.29) is 12.4 Å². The van der Waals surface area contributed by atoms with Crippen LogP contribution in [0.15, 0.2) is 47.1 Å². The lowest BCUT2D eigenvalue weighted by atomic mass is 10.2. The number of nitrogens with one attached hydrogen (secondary N) is 1. The molecule has 0 aliphatic heterocycles. The first-order valence-electron chi connectivity index (χ1n) is 7.02. The van der Waals surface area contributed by atoms with E-state index >= 15 is 0 Å². The first-order valence-corrected chi connectivity index (χ1v) is 7.02. The Morgan fingerprint density at radius 2 is 2.23 bits per heavy atom. The minimum Gasteiger partial charge on any atom is -0.493 e. The van der Waals surface area contributed by atoms with Crippen LogP contribution in [0, 0.1) is 0 Å². The van der Waals surface area contributed by atoms with E-state index in [1.54, 1.807) is 13.3 Å². The fourth-order valence-corrected chi connectivity index (χ4v) is 2.37. The number of halogens is 1. The number of hydrogen-bond acceptors (Lipinski definition) is 4. The molecule has 0 radical (unpaired) electrons. The Kier molecular flexibility index (Phi) is 5.46. The van der Waals surface area contributed by atoms with E-state index < -0.39 is 0 Å². The van der Waals surface area contributed by atoms with Crippen molar-refractivity contribution in [3.8, 4) is 5.75 Å². The van der Waals surface area contributed by atoms with Crippen molar-refractivity contribution in [2.45, 2.75) is 26.1 Å². The smallest absolute Gasteiger partial charge is 0.176 e. The third kappa shape index (κ3) is 3.61. The molecule has 1 atom stereocenters. The second-order valence-electron chi connectivity index (χ2n) is 5.10. The summed E-state index contributed by atoms with van der Waals surface area (Å²) in [5.41, 5.74) is 0.802. The first kappa shape index (κ1) is 16.4. The molecule has 6 heteroatoms. The lowest BCUT2D eigenvalue weighted by Crippen LogP contribution is -2.29. The van der Waals surface area contributed by atoms with Crippen LogP contribution in [-0.4, -0.2) is 22.9 Å². The second kappa shape index (κ2) is 7.33. The molecule has 1 N–H and O–H groups in total. The van der Waals surface area contributed by atoms with E-state index in [2.05, 4.69) is 17.3 Å². The third-order valence-corrected chi connectivity index (χ3v) is 3.42. The molecule has 0 saturated heterocycles. The third-order valence-electron chi connectivity index (χ3n) is 3.42. The van der Waals surface area contributed by atoms with Crippen molar-refractivity contribution >= 4 is 23.4 Å². The van der Waals surface area contributed by atoms with Gasteiger partial charge in [0.25, 0.3) is 0 Å². The van der Waals surface area contributed by atoms with E-state index in [0.29, 0.717) is 12.6 Å². The number of rotatable bonds is 6. The number of aromatic nitrogens is 2. The minimum absolute atomic E-state index is 0. The molecule has 0 fully saturated rings. The van der Waals surface area contributed by atoms with Gasteiger partial charge in [-0.25, -0.2) is 0 Å². The van der Waals surface area contributed by atoms with Crippen LogP contribution in [0.1, 0.15) is 12.7 Å². The summed E-state index contributed by atoms with van der Waals surface area (Å²) in [4.78, 5) is 0. The SMILES string of the molecule is COc1cccc2cc(CNC(C)Cn3cccn3)oc12.Cl. The normalized spacial score (nSPS) is 12.1. The summed E-state index contributed by atoms with van der Waals surface area (Å²) >= 11 is 0. The Bertz CT molecular complexity index is 709. The van der Waals surface area contributed by atoms with Crippen LogP contribution < -0.4 is 10.1 Å². The van der Waals surface area contributed by atoms with Gasteiger partial charge in [0.1, 0.15) is 5.76 Å². The molecular weight excluding hydrogens is 302 g/mol. The van der Waals surface area contributed by atoms with E-state index in [0.717, 1.165) is 29.0 Å². The van der Waals surface area contributed by atoms with Crippen molar-refractivity contribution < 1.29 is 9.15 Å². The number of nitrogens with zero attached hydrogens (tertiary/aromatic N) is 2. The van der Waals surface area contributed by atoms with Gasteiger partial charge in [0.05, 0.1) is 20.2 Å². The van der Waals surface area contributed by atoms with Crippen LogP contribution in [0.3, 0.4) is 0 Å². The van der Waals surface area contributed by atoms with Crippen LogP contribution in [0.4, 0.5) is 0 Å². The van der Waals surface area contributed by atoms with E-state index in [4.69, 9.17) is 9.15 Å². The summed E-state index contributed by atoms with van der Waals surface area (Å²) in [6, 6.07) is 10.2. The molecule has 0 saturated carbocycles. The van der Waals surface area contributed by atoms with Crippen molar-refractivity contribution in [1.82, 2.24) is 15.1 Å². The van der Waals surface area contributed by atoms with Crippen LogP contribution in [0.5, 0.6) is 5.75 Å². The molecule has 1 unspecified atom stereocenters. The Labute approximate surface area is 135 Å². The van der Waals surface area contributed by atoms with Crippen molar-refractivity contribution in [1.29, 1.82) is 0 Å². The maximum absolute atomic E-state index is 5.87.